The second kappa shape index (κ2) is 7.05. The second-order valence-corrected chi connectivity index (χ2v) is 7.63. The van der Waals surface area contributed by atoms with Gasteiger partial charge in [-0.3, -0.25) is 9.58 Å². The Morgan fingerprint density at radius 2 is 2.04 bits per heavy atom. The number of anilines is 1. The van der Waals surface area contributed by atoms with E-state index in [1.165, 1.54) is 50.3 Å². The van der Waals surface area contributed by atoms with Gasteiger partial charge >= 0.3 is 0 Å². The summed E-state index contributed by atoms with van der Waals surface area (Å²) in [4.78, 5) is 11.5. The molecule has 1 N–H and O–H groups in total. The zero-order valence-corrected chi connectivity index (χ0v) is 14.3. The lowest BCUT2D eigenvalue weighted by molar-refractivity contribution is 0.314. The Hall–Kier alpha value is -1.34. The lowest BCUT2D eigenvalue weighted by Crippen LogP contribution is -2.36. The van der Waals surface area contributed by atoms with Gasteiger partial charge in [-0.05, 0) is 12.8 Å². The van der Waals surface area contributed by atoms with Crippen LogP contribution in [0.5, 0.6) is 0 Å². The van der Waals surface area contributed by atoms with Crippen molar-refractivity contribution in [1.29, 1.82) is 0 Å². The molecule has 4 rings (SSSR count). The summed E-state index contributed by atoms with van der Waals surface area (Å²) in [7, 11) is 0. The molecular weight excluding hydrogens is 308 g/mol. The molecule has 2 aliphatic rings. The van der Waals surface area contributed by atoms with Crippen molar-refractivity contribution < 1.29 is 0 Å². The molecular formula is C16H24N6S. The van der Waals surface area contributed by atoms with E-state index in [2.05, 4.69) is 36.2 Å². The van der Waals surface area contributed by atoms with Crippen LogP contribution in [0.4, 0.5) is 5.95 Å². The van der Waals surface area contributed by atoms with E-state index in [1.807, 2.05) is 18.0 Å². The first-order valence-electron chi connectivity index (χ1n) is 8.64. The van der Waals surface area contributed by atoms with E-state index >= 15 is 0 Å². The van der Waals surface area contributed by atoms with E-state index < -0.39 is 0 Å². The number of nitrogens with one attached hydrogen (secondary N) is 1. The highest BCUT2D eigenvalue weighted by atomic mass is 32.2. The number of nitrogens with zero attached hydrogens (tertiary/aromatic N) is 5. The molecule has 0 unspecified atom stereocenters. The van der Waals surface area contributed by atoms with Crippen molar-refractivity contribution in [2.45, 2.75) is 31.7 Å². The summed E-state index contributed by atoms with van der Waals surface area (Å²) in [5.41, 5.74) is 0.809. The van der Waals surface area contributed by atoms with Crippen molar-refractivity contribution in [2.75, 3.05) is 43.0 Å². The van der Waals surface area contributed by atoms with Crippen LogP contribution in [0.25, 0.3) is 11.0 Å². The van der Waals surface area contributed by atoms with Gasteiger partial charge in [0.15, 0.2) is 5.65 Å². The van der Waals surface area contributed by atoms with Crippen LogP contribution in [0.3, 0.4) is 0 Å². The van der Waals surface area contributed by atoms with Gasteiger partial charge in [-0.2, -0.15) is 21.8 Å². The van der Waals surface area contributed by atoms with E-state index in [0.717, 1.165) is 24.1 Å². The fourth-order valence-electron chi connectivity index (χ4n) is 3.43. The highest BCUT2D eigenvalue weighted by molar-refractivity contribution is 7.99. The van der Waals surface area contributed by atoms with Gasteiger partial charge in [-0.15, -0.1) is 0 Å². The predicted octanol–water partition coefficient (Wildman–Crippen LogP) is 2.40. The Bertz CT molecular complexity index is 645. The molecule has 0 spiro atoms. The molecule has 2 aromatic rings. The molecule has 7 heteroatoms. The molecule has 0 atom stereocenters. The van der Waals surface area contributed by atoms with Crippen LogP contribution < -0.4 is 5.32 Å². The molecule has 3 heterocycles. The molecule has 124 valence electrons. The first kappa shape index (κ1) is 15.2. The van der Waals surface area contributed by atoms with E-state index in [9.17, 15) is 0 Å². The molecule has 23 heavy (non-hydrogen) atoms. The maximum Gasteiger partial charge on any atom is 0.224 e. The summed E-state index contributed by atoms with van der Waals surface area (Å²) in [5.74, 6) is 3.20. The molecule has 1 saturated heterocycles. The van der Waals surface area contributed by atoms with Gasteiger partial charge in [-0.1, -0.05) is 12.8 Å². The summed E-state index contributed by atoms with van der Waals surface area (Å²) in [6.07, 6.45) is 9.09. The minimum atomic E-state index is 0.553. The van der Waals surface area contributed by atoms with Gasteiger partial charge in [0.25, 0.3) is 0 Å². The van der Waals surface area contributed by atoms with Gasteiger partial charge in [-0.25, -0.2) is 4.98 Å². The third kappa shape index (κ3) is 3.61. The van der Waals surface area contributed by atoms with Crippen LogP contribution in [0.15, 0.2) is 12.4 Å². The second-order valence-electron chi connectivity index (χ2n) is 6.40. The van der Waals surface area contributed by atoms with Crippen molar-refractivity contribution in [1.82, 2.24) is 24.6 Å². The van der Waals surface area contributed by atoms with Crippen LogP contribution in [-0.4, -0.2) is 62.3 Å². The van der Waals surface area contributed by atoms with Gasteiger partial charge < -0.3 is 5.32 Å². The van der Waals surface area contributed by atoms with E-state index in [1.54, 1.807) is 0 Å². The third-order valence-electron chi connectivity index (χ3n) is 4.79. The zero-order chi connectivity index (χ0) is 15.5. The molecule has 0 radical (unpaired) electrons. The van der Waals surface area contributed by atoms with Crippen molar-refractivity contribution in [3.05, 3.63) is 12.4 Å². The molecule has 2 aromatic heterocycles. The Kier molecular flexibility index (Phi) is 4.66. The SMILES string of the molecule is c1nc(NCCN2CCSCC2)nc2nn(C3CCCC3)cc12. The largest absolute Gasteiger partial charge is 0.353 e. The predicted molar refractivity (Wildman–Crippen MR) is 95.1 cm³/mol. The number of rotatable bonds is 5. The average Bonchev–Trinajstić information content (AvgIpc) is 3.24. The molecule has 0 aromatic carbocycles. The average molecular weight is 332 g/mol. The van der Waals surface area contributed by atoms with Crippen LogP contribution in [0.1, 0.15) is 31.7 Å². The quantitative estimate of drug-likeness (QED) is 0.907. The standard InChI is InChI=1S/C16H24N6S/c1-2-4-14(3-1)22-12-13-11-18-16(19-15(13)20-22)17-5-6-21-7-9-23-10-8-21/h11-12,14H,1-10H2,(H,17,19,20). The summed E-state index contributed by atoms with van der Waals surface area (Å²) < 4.78 is 2.10. The number of thioether (sulfide) groups is 1. The van der Waals surface area contributed by atoms with Gasteiger partial charge in [0, 0.05) is 50.1 Å². The van der Waals surface area contributed by atoms with Gasteiger partial charge in [0.2, 0.25) is 5.95 Å². The molecule has 0 bridgehead atoms. The number of aromatic nitrogens is 4. The van der Waals surface area contributed by atoms with E-state index in [0.29, 0.717) is 12.0 Å². The Morgan fingerprint density at radius 1 is 1.22 bits per heavy atom. The molecule has 0 amide bonds. The Balaban J connectivity index is 1.37. The van der Waals surface area contributed by atoms with Crippen LogP contribution >= 0.6 is 11.8 Å². The molecule has 1 saturated carbocycles. The summed E-state index contributed by atoms with van der Waals surface area (Å²) in [6.45, 7) is 4.33. The lowest BCUT2D eigenvalue weighted by Gasteiger charge is -2.25. The molecule has 1 aliphatic heterocycles. The number of hydrogen-bond acceptors (Lipinski definition) is 6. The van der Waals surface area contributed by atoms with Gasteiger partial charge in [0.05, 0.1) is 11.4 Å². The van der Waals surface area contributed by atoms with Gasteiger partial charge in [0.1, 0.15) is 0 Å². The Morgan fingerprint density at radius 3 is 2.87 bits per heavy atom. The summed E-state index contributed by atoms with van der Waals surface area (Å²) in [6, 6.07) is 0.553. The third-order valence-corrected chi connectivity index (χ3v) is 5.73. The lowest BCUT2D eigenvalue weighted by atomic mass is 10.3. The summed E-state index contributed by atoms with van der Waals surface area (Å²) >= 11 is 2.05. The smallest absolute Gasteiger partial charge is 0.224 e. The molecule has 2 fully saturated rings. The van der Waals surface area contributed by atoms with Crippen molar-refractivity contribution in [3.63, 3.8) is 0 Å². The topological polar surface area (TPSA) is 58.9 Å². The minimum absolute atomic E-state index is 0.553. The Labute approximate surface area is 141 Å². The minimum Gasteiger partial charge on any atom is -0.353 e. The van der Waals surface area contributed by atoms with Crippen LogP contribution in [0, 0.1) is 0 Å². The molecule has 1 aliphatic carbocycles. The van der Waals surface area contributed by atoms with Crippen molar-refractivity contribution in [2.24, 2.45) is 0 Å². The fourth-order valence-corrected chi connectivity index (χ4v) is 4.40. The van der Waals surface area contributed by atoms with Crippen LogP contribution in [-0.2, 0) is 0 Å². The van der Waals surface area contributed by atoms with E-state index in [-0.39, 0.29) is 0 Å². The van der Waals surface area contributed by atoms with E-state index in [4.69, 9.17) is 0 Å². The van der Waals surface area contributed by atoms with Crippen molar-refractivity contribution >= 4 is 28.7 Å². The maximum atomic E-state index is 4.67. The first-order valence-corrected chi connectivity index (χ1v) is 9.80. The first-order chi connectivity index (χ1) is 11.4. The highest BCUT2D eigenvalue weighted by Crippen LogP contribution is 2.29. The monoisotopic (exact) mass is 332 g/mol. The maximum absolute atomic E-state index is 4.67. The normalized spacial score (nSPS) is 20.3. The highest BCUT2D eigenvalue weighted by Gasteiger charge is 2.18. The zero-order valence-electron chi connectivity index (χ0n) is 13.4. The number of hydrogen-bond donors (Lipinski definition) is 1. The fraction of sp³-hybridized carbons (Fsp3) is 0.688. The number of fused-ring (bicyclic) bond motifs is 1. The van der Waals surface area contributed by atoms with Crippen LogP contribution in [0.2, 0.25) is 0 Å². The van der Waals surface area contributed by atoms with Crippen molar-refractivity contribution in [3.8, 4) is 0 Å². The molecule has 6 nitrogen and oxygen atoms in total. The summed E-state index contributed by atoms with van der Waals surface area (Å²) in [5, 5.41) is 9.05.